The van der Waals surface area contributed by atoms with E-state index >= 15 is 0 Å². The minimum atomic E-state index is -0.548. The van der Waals surface area contributed by atoms with Gasteiger partial charge in [0.05, 0.1) is 6.04 Å². The molecule has 0 saturated carbocycles. The molecule has 0 radical (unpaired) electrons. The van der Waals surface area contributed by atoms with Crippen molar-refractivity contribution in [2.45, 2.75) is 26.3 Å². The zero-order chi connectivity index (χ0) is 12.1. The Morgan fingerprint density at radius 3 is 2.88 bits per heavy atom. The number of nitrogens with zero attached hydrogens (tertiary/aromatic N) is 1. The van der Waals surface area contributed by atoms with E-state index in [-0.39, 0.29) is 17.5 Å². The average molecular weight is 225 g/mol. The van der Waals surface area contributed by atoms with Crippen LogP contribution in [0, 0.1) is 0 Å². The van der Waals surface area contributed by atoms with Crippen molar-refractivity contribution in [1.82, 2.24) is 5.32 Å². The third-order valence-electron chi connectivity index (χ3n) is 2.14. The Morgan fingerprint density at radius 2 is 2.38 bits per heavy atom. The fourth-order valence-corrected chi connectivity index (χ4v) is 1.12. The second-order valence-electron chi connectivity index (χ2n) is 3.34. The van der Waals surface area contributed by atoms with Crippen LogP contribution in [-0.4, -0.2) is 23.0 Å². The first-order valence-corrected chi connectivity index (χ1v) is 4.95. The van der Waals surface area contributed by atoms with Crippen molar-refractivity contribution >= 4 is 11.7 Å². The Kier molecular flexibility index (Phi) is 3.93. The first-order chi connectivity index (χ1) is 7.58. The van der Waals surface area contributed by atoms with Gasteiger partial charge < -0.3 is 20.7 Å². The lowest BCUT2D eigenvalue weighted by molar-refractivity contribution is 0.0919. The largest absolute Gasteiger partial charge is 0.456 e. The molecule has 1 unspecified atom stereocenters. The van der Waals surface area contributed by atoms with Gasteiger partial charge in [0.2, 0.25) is 0 Å². The molecular weight excluding hydrogens is 210 g/mol. The molecule has 16 heavy (non-hydrogen) atoms. The summed E-state index contributed by atoms with van der Waals surface area (Å²) < 4.78 is 5.25. The number of carbonyl (C=O) groups is 1. The van der Waals surface area contributed by atoms with Gasteiger partial charge in [-0.3, -0.25) is 4.79 Å². The number of rotatable bonds is 4. The van der Waals surface area contributed by atoms with Gasteiger partial charge in [-0.05, 0) is 19.1 Å². The number of amidine groups is 1. The van der Waals surface area contributed by atoms with Gasteiger partial charge in [0, 0.05) is 6.42 Å². The molecule has 6 nitrogen and oxygen atoms in total. The van der Waals surface area contributed by atoms with E-state index < -0.39 is 6.04 Å². The standard InChI is InChI=1S/C10H15N3O3/c1-3-7-4-5-8(16-7)10(14)12-6(2)9(11)13-15/h4-6,15H,3H2,1-2H3,(H2,11,13)(H,12,14). The molecule has 6 heteroatoms. The minimum absolute atomic E-state index is 0.0596. The zero-order valence-corrected chi connectivity index (χ0v) is 9.23. The van der Waals surface area contributed by atoms with Crippen LogP contribution in [0.1, 0.15) is 30.2 Å². The van der Waals surface area contributed by atoms with Crippen LogP contribution in [0.15, 0.2) is 21.7 Å². The van der Waals surface area contributed by atoms with Crippen LogP contribution in [0.4, 0.5) is 0 Å². The minimum Gasteiger partial charge on any atom is -0.456 e. The second kappa shape index (κ2) is 5.20. The molecule has 0 spiro atoms. The van der Waals surface area contributed by atoms with E-state index in [2.05, 4.69) is 10.5 Å². The van der Waals surface area contributed by atoms with E-state index in [0.29, 0.717) is 0 Å². The normalized spacial score (nSPS) is 13.5. The topological polar surface area (TPSA) is 101 Å². The van der Waals surface area contributed by atoms with E-state index in [4.69, 9.17) is 15.4 Å². The molecule has 4 N–H and O–H groups in total. The van der Waals surface area contributed by atoms with Crippen molar-refractivity contribution < 1.29 is 14.4 Å². The van der Waals surface area contributed by atoms with Crippen LogP contribution in [-0.2, 0) is 6.42 Å². The third kappa shape index (κ3) is 2.75. The van der Waals surface area contributed by atoms with Crippen molar-refractivity contribution in [2.75, 3.05) is 0 Å². The lowest BCUT2D eigenvalue weighted by Crippen LogP contribution is -2.42. The summed E-state index contributed by atoms with van der Waals surface area (Å²) in [5, 5.41) is 13.8. The van der Waals surface area contributed by atoms with Crippen molar-refractivity contribution in [1.29, 1.82) is 0 Å². The Bertz CT molecular complexity index is 398. The Labute approximate surface area is 93.1 Å². The highest BCUT2D eigenvalue weighted by atomic mass is 16.4. The first kappa shape index (κ1) is 12.1. The molecule has 0 aromatic carbocycles. The number of hydrogen-bond donors (Lipinski definition) is 3. The molecule has 88 valence electrons. The van der Waals surface area contributed by atoms with Crippen LogP contribution < -0.4 is 11.1 Å². The van der Waals surface area contributed by atoms with Crippen LogP contribution in [0.5, 0.6) is 0 Å². The van der Waals surface area contributed by atoms with Gasteiger partial charge in [0.15, 0.2) is 11.6 Å². The summed E-state index contributed by atoms with van der Waals surface area (Å²) in [6.45, 7) is 3.54. The van der Waals surface area contributed by atoms with Crippen molar-refractivity contribution in [3.63, 3.8) is 0 Å². The van der Waals surface area contributed by atoms with Crippen LogP contribution in [0.2, 0.25) is 0 Å². The Hall–Kier alpha value is -1.98. The molecule has 0 bridgehead atoms. The van der Waals surface area contributed by atoms with Gasteiger partial charge in [0.25, 0.3) is 5.91 Å². The number of furan rings is 1. The Balaban J connectivity index is 2.65. The number of oxime groups is 1. The van der Waals surface area contributed by atoms with E-state index in [1.54, 1.807) is 19.1 Å². The molecule has 1 rings (SSSR count). The van der Waals surface area contributed by atoms with Crippen molar-refractivity contribution in [3.8, 4) is 0 Å². The number of hydrogen-bond acceptors (Lipinski definition) is 4. The van der Waals surface area contributed by atoms with E-state index in [1.807, 2.05) is 6.92 Å². The molecule has 1 aromatic rings. The van der Waals surface area contributed by atoms with Crippen LogP contribution in [0.3, 0.4) is 0 Å². The summed E-state index contributed by atoms with van der Waals surface area (Å²) in [4.78, 5) is 11.6. The predicted octanol–water partition coefficient (Wildman–Crippen LogP) is 0.707. The van der Waals surface area contributed by atoms with Gasteiger partial charge in [-0.15, -0.1) is 0 Å². The first-order valence-electron chi connectivity index (χ1n) is 4.95. The summed E-state index contributed by atoms with van der Waals surface area (Å²) >= 11 is 0. The molecule has 0 saturated heterocycles. The molecule has 1 aromatic heterocycles. The van der Waals surface area contributed by atoms with E-state index in [0.717, 1.165) is 12.2 Å². The molecule has 0 aliphatic heterocycles. The monoisotopic (exact) mass is 225 g/mol. The van der Waals surface area contributed by atoms with Crippen LogP contribution >= 0.6 is 0 Å². The lowest BCUT2D eigenvalue weighted by atomic mass is 10.3. The highest BCUT2D eigenvalue weighted by Crippen LogP contribution is 2.08. The van der Waals surface area contributed by atoms with Crippen molar-refractivity contribution in [3.05, 3.63) is 23.7 Å². The summed E-state index contributed by atoms with van der Waals surface area (Å²) in [6.07, 6.45) is 0.725. The summed E-state index contributed by atoms with van der Waals surface area (Å²) in [6, 6.07) is 2.78. The summed E-state index contributed by atoms with van der Waals surface area (Å²) in [5.74, 6) is 0.505. The number of aryl methyl sites for hydroxylation is 1. The molecule has 1 heterocycles. The number of carbonyl (C=O) groups excluding carboxylic acids is 1. The van der Waals surface area contributed by atoms with Crippen LogP contribution in [0.25, 0.3) is 0 Å². The summed E-state index contributed by atoms with van der Waals surface area (Å²) in [5.41, 5.74) is 5.33. The highest BCUT2D eigenvalue weighted by molar-refractivity contribution is 5.96. The van der Waals surface area contributed by atoms with Gasteiger partial charge in [-0.1, -0.05) is 12.1 Å². The van der Waals surface area contributed by atoms with E-state index in [9.17, 15) is 4.79 Å². The number of nitrogens with two attached hydrogens (primary N) is 1. The number of amides is 1. The SMILES string of the molecule is CCc1ccc(C(=O)NC(C)C(N)=NO)o1. The lowest BCUT2D eigenvalue weighted by Gasteiger charge is -2.10. The van der Waals surface area contributed by atoms with E-state index in [1.165, 1.54) is 0 Å². The van der Waals surface area contributed by atoms with Gasteiger partial charge >= 0.3 is 0 Å². The second-order valence-corrected chi connectivity index (χ2v) is 3.34. The molecular formula is C10H15N3O3. The van der Waals surface area contributed by atoms with Crippen molar-refractivity contribution in [2.24, 2.45) is 10.9 Å². The zero-order valence-electron chi connectivity index (χ0n) is 9.23. The quantitative estimate of drug-likeness (QED) is 0.304. The molecule has 0 fully saturated rings. The number of nitrogens with one attached hydrogen (secondary N) is 1. The fraction of sp³-hybridized carbons (Fsp3) is 0.400. The maximum atomic E-state index is 11.6. The summed E-state index contributed by atoms with van der Waals surface area (Å²) in [7, 11) is 0. The maximum Gasteiger partial charge on any atom is 0.287 e. The Morgan fingerprint density at radius 1 is 1.69 bits per heavy atom. The molecule has 0 aliphatic rings. The average Bonchev–Trinajstić information content (AvgIpc) is 2.76. The molecule has 1 atom stereocenters. The van der Waals surface area contributed by atoms with Gasteiger partial charge in [-0.25, -0.2) is 0 Å². The van der Waals surface area contributed by atoms with Gasteiger partial charge in [-0.2, -0.15) is 0 Å². The highest BCUT2D eigenvalue weighted by Gasteiger charge is 2.15. The molecule has 0 aliphatic carbocycles. The van der Waals surface area contributed by atoms with Gasteiger partial charge in [0.1, 0.15) is 5.76 Å². The fourth-order valence-electron chi connectivity index (χ4n) is 1.12. The maximum absolute atomic E-state index is 11.6. The smallest absolute Gasteiger partial charge is 0.287 e. The molecule has 1 amide bonds. The predicted molar refractivity (Wildman–Crippen MR) is 58.4 cm³/mol. The third-order valence-corrected chi connectivity index (χ3v) is 2.14.